The van der Waals surface area contributed by atoms with Crippen molar-refractivity contribution in [2.45, 2.75) is 45.2 Å². The van der Waals surface area contributed by atoms with Crippen LogP contribution in [0, 0.1) is 5.92 Å². The minimum Gasteiger partial charge on any atom is -0.352 e. The molecule has 3 atom stereocenters. The van der Waals surface area contributed by atoms with Crippen molar-refractivity contribution in [2.75, 3.05) is 6.54 Å². The quantitative estimate of drug-likeness (QED) is 0.896. The van der Waals surface area contributed by atoms with Crippen LogP contribution >= 0.6 is 11.6 Å². The van der Waals surface area contributed by atoms with Crippen molar-refractivity contribution < 1.29 is 4.79 Å². The lowest BCUT2D eigenvalue weighted by molar-refractivity contribution is -0.125. The molecule has 3 nitrogen and oxygen atoms in total. The van der Waals surface area contributed by atoms with Crippen LogP contribution in [0.5, 0.6) is 0 Å². The van der Waals surface area contributed by atoms with Crippen LogP contribution < -0.4 is 10.6 Å². The number of halogens is 1. The molecule has 1 saturated heterocycles. The molecule has 110 valence electrons. The van der Waals surface area contributed by atoms with Crippen LogP contribution in [0.15, 0.2) is 24.3 Å². The molecule has 1 aliphatic heterocycles. The topological polar surface area (TPSA) is 41.1 Å². The Morgan fingerprint density at radius 2 is 2.25 bits per heavy atom. The third kappa shape index (κ3) is 3.97. The van der Waals surface area contributed by atoms with Gasteiger partial charge in [0, 0.05) is 11.1 Å². The van der Waals surface area contributed by atoms with Crippen LogP contribution in [0.3, 0.4) is 0 Å². The first kappa shape index (κ1) is 15.3. The highest BCUT2D eigenvalue weighted by molar-refractivity contribution is 6.31. The summed E-state index contributed by atoms with van der Waals surface area (Å²) in [4.78, 5) is 12.3. The minimum absolute atomic E-state index is 0.0579. The zero-order chi connectivity index (χ0) is 14.5. The fourth-order valence-corrected chi connectivity index (χ4v) is 2.99. The largest absolute Gasteiger partial charge is 0.352 e. The van der Waals surface area contributed by atoms with Gasteiger partial charge in [-0.05, 0) is 50.3 Å². The van der Waals surface area contributed by atoms with Gasteiger partial charge in [-0.3, -0.25) is 4.79 Å². The van der Waals surface area contributed by atoms with Crippen LogP contribution in [-0.4, -0.2) is 24.5 Å². The molecule has 20 heavy (non-hydrogen) atoms. The molecule has 0 spiro atoms. The molecular weight excluding hydrogens is 272 g/mol. The van der Waals surface area contributed by atoms with Crippen molar-refractivity contribution >= 4 is 17.5 Å². The van der Waals surface area contributed by atoms with Gasteiger partial charge in [0.15, 0.2) is 0 Å². The van der Waals surface area contributed by atoms with Crippen LogP contribution in [0.2, 0.25) is 5.02 Å². The average molecular weight is 295 g/mol. The first-order chi connectivity index (χ1) is 9.58. The second-order valence-electron chi connectivity index (χ2n) is 5.76. The second kappa shape index (κ2) is 7.09. The number of nitrogens with one attached hydrogen (secondary N) is 2. The van der Waals surface area contributed by atoms with Crippen molar-refractivity contribution in [2.24, 2.45) is 5.92 Å². The Morgan fingerprint density at radius 1 is 1.50 bits per heavy atom. The van der Waals surface area contributed by atoms with Gasteiger partial charge < -0.3 is 10.6 Å². The van der Waals surface area contributed by atoms with Gasteiger partial charge >= 0.3 is 0 Å². The van der Waals surface area contributed by atoms with E-state index in [4.69, 9.17) is 11.6 Å². The zero-order valence-corrected chi connectivity index (χ0v) is 12.9. The van der Waals surface area contributed by atoms with Gasteiger partial charge in [0.1, 0.15) is 0 Å². The molecule has 4 heteroatoms. The number of amides is 1. The SMILES string of the molecule is CC(Cc1ccccc1Cl)NC(=O)C1NCCCC1C. The van der Waals surface area contributed by atoms with E-state index in [1.165, 1.54) is 0 Å². The van der Waals surface area contributed by atoms with Gasteiger partial charge in [-0.2, -0.15) is 0 Å². The summed E-state index contributed by atoms with van der Waals surface area (Å²) in [6.07, 6.45) is 3.02. The zero-order valence-electron chi connectivity index (χ0n) is 12.2. The molecule has 0 bridgehead atoms. The van der Waals surface area contributed by atoms with Crippen molar-refractivity contribution in [1.29, 1.82) is 0 Å². The molecular formula is C16H23ClN2O. The molecule has 2 N–H and O–H groups in total. The molecule has 1 aromatic rings. The summed E-state index contributed by atoms with van der Waals surface area (Å²) in [5.74, 6) is 0.507. The second-order valence-corrected chi connectivity index (χ2v) is 6.16. The lowest BCUT2D eigenvalue weighted by Gasteiger charge is -2.30. The number of piperidine rings is 1. The summed E-state index contributed by atoms with van der Waals surface area (Å²) in [7, 11) is 0. The van der Waals surface area contributed by atoms with E-state index >= 15 is 0 Å². The molecule has 3 unspecified atom stereocenters. The lowest BCUT2D eigenvalue weighted by Crippen LogP contribution is -2.52. The summed E-state index contributed by atoms with van der Waals surface area (Å²) in [5, 5.41) is 7.17. The van der Waals surface area contributed by atoms with Crippen molar-refractivity contribution in [1.82, 2.24) is 10.6 Å². The molecule has 0 saturated carbocycles. The predicted molar refractivity (Wildman–Crippen MR) is 82.9 cm³/mol. The first-order valence-corrected chi connectivity index (χ1v) is 7.73. The number of carbonyl (C=O) groups is 1. The molecule has 1 aliphatic rings. The molecule has 1 aromatic carbocycles. The Morgan fingerprint density at radius 3 is 2.95 bits per heavy atom. The van der Waals surface area contributed by atoms with Crippen LogP contribution in [0.1, 0.15) is 32.3 Å². The average Bonchev–Trinajstić information content (AvgIpc) is 2.41. The lowest BCUT2D eigenvalue weighted by atomic mass is 9.92. The number of carbonyl (C=O) groups excluding carboxylic acids is 1. The van der Waals surface area contributed by atoms with Gasteiger partial charge in [0.05, 0.1) is 6.04 Å². The van der Waals surface area contributed by atoms with E-state index in [2.05, 4.69) is 17.6 Å². The highest BCUT2D eigenvalue weighted by atomic mass is 35.5. The standard InChI is InChI=1S/C16H23ClN2O/c1-11-6-5-9-18-15(11)16(20)19-12(2)10-13-7-3-4-8-14(13)17/h3-4,7-8,11-12,15,18H,5-6,9-10H2,1-2H3,(H,19,20). The van der Waals surface area contributed by atoms with Gasteiger partial charge in [-0.1, -0.05) is 36.7 Å². The fourth-order valence-electron chi connectivity index (χ4n) is 2.78. The Balaban J connectivity index is 1.89. The number of rotatable bonds is 4. The number of benzene rings is 1. The maximum absolute atomic E-state index is 12.3. The summed E-state index contributed by atoms with van der Waals surface area (Å²) >= 11 is 6.15. The highest BCUT2D eigenvalue weighted by Gasteiger charge is 2.27. The van der Waals surface area contributed by atoms with Gasteiger partial charge in [-0.25, -0.2) is 0 Å². The maximum atomic E-state index is 12.3. The van der Waals surface area contributed by atoms with Crippen LogP contribution in [-0.2, 0) is 11.2 Å². The molecule has 0 aromatic heterocycles. The van der Waals surface area contributed by atoms with Gasteiger partial charge in [-0.15, -0.1) is 0 Å². The van der Waals surface area contributed by atoms with E-state index in [-0.39, 0.29) is 18.0 Å². The molecule has 1 heterocycles. The Labute approximate surface area is 126 Å². The van der Waals surface area contributed by atoms with Gasteiger partial charge in [0.25, 0.3) is 0 Å². The maximum Gasteiger partial charge on any atom is 0.237 e. The predicted octanol–water partition coefficient (Wildman–Crippen LogP) is 2.78. The fraction of sp³-hybridized carbons (Fsp3) is 0.562. The number of hydrogen-bond donors (Lipinski definition) is 2. The van der Waals surface area contributed by atoms with E-state index in [0.717, 1.165) is 36.4 Å². The highest BCUT2D eigenvalue weighted by Crippen LogP contribution is 2.18. The van der Waals surface area contributed by atoms with Crippen LogP contribution in [0.25, 0.3) is 0 Å². The minimum atomic E-state index is -0.0579. The molecule has 0 aliphatic carbocycles. The summed E-state index contributed by atoms with van der Waals surface area (Å²) in [5.41, 5.74) is 1.08. The van der Waals surface area contributed by atoms with E-state index in [0.29, 0.717) is 5.92 Å². The Hall–Kier alpha value is -1.06. The molecule has 2 rings (SSSR count). The first-order valence-electron chi connectivity index (χ1n) is 7.35. The molecule has 1 fully saturated rings. The van der Waals surface area contributed by atoms with Crippen molar-refractivity contribution in [3.63, 3.8) is 0 Å². The Bertz CT molecular complexity index is 464. The third-order valence-electron chi connectivity index (χ3n) is 3.92. The Kier molecular flexibility index (Phi) is 5.44. The third-order valence-corrected chi connectivity index (χ3v) is 4.29. The molecule has 0 radical (unpaired) electrons. The summed E-state index contributed by atoms with van der Waals surface area (Å²) in [6.45, 7) is 5.09. The van der Waals surface area contributed by atoms with Gasteiger partial charge in [0.2, 0.25) is 5.91 Å². The normalized spacial score (nSPS) is 24.1. The molecule has 1 amide bonds. The smallest absolute Gasteiger partial charge is 0.237 e. The summed E-state index contributed by atoms with van der Waals surface area (Å²) < 4.78 is 0. The van der Waals surface area contributed by atoms with Crippen molar-refractivity contribution in [3.05, 3.63) is 34.9 Å². The monoisotopic (exact) mass is 294 g/mol. The number of hydrogen-bond acceptors (Lipinski definition) is 2. The van der Waals surface area contributed by atoms with E-state index in [1.54, 1.807) is 0 Å². The van der Waals surface area contributed by atoms with E-state index in [9.17, 15) is 4.79 Å². The van der Waals surface area contributed by atoms with Crippen molar-refractivity contribution in [3.8, 4) is 0 Å². The summed E-state index contributed by atoms with van der Waals surface area (Å²) in [6, 6.07) is 7.81. The van der Waals surface area contributed by atoms with Crippen LogP contribution in [0.4, 0.5) is 0 Å². The van der Waals surface area contributed by atoms with E-state index in [1.807, 2.05) is 31.2 Å². The van der Waals surface area contributed by atoms with E-state index < -0.39 is 0 Å².